The lowest BCUT2D eigenvalue weighted by atomic mass is 9.99. The smallest absolute Gasteiger partial charge is 0.410 e. The maximum Gasteiger partial charge on any atom is 0.410 e. The molecule has 1 fully saturated rings. The van der Waals surface area contributed by atoms with Crippen molar-refractivity contribution in [1.82, 2.24) is 4.90 Å². The van der Waals surface area contributed by atoms with Gasteiger partial charge in [-0.2, -0.15) is 0 Å². The van der Waals surface area contributed by atoms with E-state index in [2.05, 4.69) is 0 Å². The van der Waals surface area contributed by atoms with Gasteiger partial charge in [0.25, 0.3) is 0 Å². The van der Waals surface area contributed by atoms with Gasteiger partial charge in [0.1, 0.15) is 36.8 Å². The molecule has 0 radical (unpaired) electrons. The summed E-state index contributed by atoms with van der Waals surface area (Å²) in [5.41, 5.74) is 4.82. The number of amides is 1. The summed E-state index contributed by atoms with van der Waals surface area (Å²) >= 11 is 0. The van der Waals surface area contributed by atoms with Crippen molar-refractivity contribution in [2.75, 3.05) is 13.2 Å². The molecule has 270 valence electrons. The van der Waals surface area contributed by atoms with Crippen LogP contribution in [0.1, 0.15) is 27.8 Å². The van der Waals surface area contributed by atoms with Gasteiger partial charge < -0.3 is 38.8 Å². The third-order valence-corrected chi connectivity index (χ3v) is 8.85. The third-order valence-electron chi connectivity index (χ3n) is 8.85. The lowest BCUT2D eigenvalue weighted by Crippen LogP contribution is -2.61. The van der Waals surface area contributed by atoms with E-state index >= 15 is 0 Å². The summed E-state index contributed by atoms with van der Waals surface area (Å²) in [5.74, 6) is 0.498. The minimum absolute atomic E-state index is 0.0462. The van der Waals surface area contributed by atoms with Gasteiger partial charge in [-0.1, -0.05) is 133 Å². The SMILES string of the molecule is O=C(OCc1ccccc1)N(CCc1ccc(O[C@@H]2OC(COCc3ccccc3)[C@H](O)[C@H](O)C2OCc2ccccc2)cc1)Cc1ccccc1. The van der Waals surface area contributed by atoms with Gasteiger partial charge in [-0.05, 0) is 46.4 Å². The van der Waals surface area contributed by atoms with Gasteiger partial charge in [-0.15, -0.1) is 0 Å². The Morgan fingerprint density at radius 1 is 0.615 bits per heavy atom. The van der Waals surface area contributed by atoms with Crippen LogP contribution in [0.2, 0.25) is 0 Å². The summed E-state index contributed by atoms with van der Waals surface area (Å²) < 4.78 is 30.2. The second-order valence-electron chi connectivity index (χ2n) is 12.7. The monoisotopic (exact) mass is 703 g/mol. The molecule has 1 saturated heterocycles. The number of hydrogen-bond acceptors (Lipinski definition) is 8. The van der Waals surface area contributed by atoms with E-state index in [-0.39, 0.29) is 25.9 Å². The molecule has 2 N–H and O–H groups in total. The number of carbonyl (C=O) groups excluding carboxylic acids is 1. The van der Waals surface area contributed by atoms with Crippen molar-refractivity contribution >= 4 is 6.09 Å². The molecule has 9 nitrogen and oxygen atoms in total. The largest absolute Gasteiger partial charge is 0.462 e. The molecule has 5 aromatic carbocycles. The van der Waals surface area contributed by atoms with Crippen molar-refractivity contribution in [3.8, 4) is 5.75 Å². The predicted octanol–water partition coefficient (Wildman–Crippen LogP) is 6.70. The zero-order chi connectivity index (χ0) is 36.0. The average Bonchev–Trinajstić information content (AvgIpc) is 3.19. The molecule has 2 unspecified atom stereocenters. The van der Waals surface area contributed by atoms with Crippen molar-refractivity contribution in [3.63, 3.8) is 0 Å². The molecule has 5 aromatic rings. The summed E-state index contributed by atoms with van der Waals surface area (Å²) in [6.45, 7) is 1.63. The number of aliphatic hydroxyl groups is 2. The summed E-state index contributed by atoms with van der Waals surface area (Å²) in [7, 11) is 0. The standard InChI is InChI=1S/C43H45NO8/c45-39-38(31-48-28-34-15-7-2-8-16-34)52-42(41(40(39)46)49-29-35-17-9-3-10-18-35)51-37-23-21-32(22-24-37)25-26-44(27-33-13-5-1-6-14-33)43(47)50-30-36-19-11-4-12-20-36/h1-24,38-42,45-46H,25-31H2/t38?,39-,40-,41?,42+/m0/s1. The topological polar surface area (TPSA) is 107 Å². The molecular weight excluding hydrogens is 658 g/mol. The maximum absolute atomic E-state index is 13.2. The molecule has 1 aliphatic rings. The highest BCUT2D eigenvalue weighted by Gasteiger charge is 2.46. The molecule has 1 aliphatic heterocycles. The lowest BCUT2D eigenvalue weighted by Gasteiger charge is -2.42. The van der Waals surface area contributed by atoms with Crippen molar-refractivity contribution < 1.29 is 38.7 Å². The van der Waals surface area contributed by atoms with Gasteiger partial charge in [0.2, 0.25) is 6.29 Å². The van der Waals surface area contributed by atoms with Crippen LogP contribution in [-0.4, -0.2) is 65.1 Å². The molecule has 52 heavy (non-hydrogen) atoms. The van der Waals surface area contributed by atoms with Gasteiger partial charge in [0.05, 0.1) is 19.8 Å². The van der Waals surface area contributed by atoms with Gasteiger partial charge in [0.15, 0.2) is 0 Å². The number of ether oxygens (including phenoxy) is 5. The molecule has 0 spiro atoms. The van der Waals surface area contributed by atoms with Crippen LogP contribution < -0.4 is 4.74 Å². The number of benzene rings is 5. The Hall–Kier alpha value is -5.03. The first-order chi connectivity index (χ1) is 25.5. The van der Waals surface area contributed by atoms with Gasteiger partial charge >= 0.3 is 6.09 Å². The van der Waals surface area contributed by atoms with Crippen molar-refractivity contribution in [2.45, 2.75) is 63.5 Å². The quantitative estimate of drug-likeness (QED) is 0.117. The van der Waals surface area contributed by atoms with Crippen LogP contribution in [-0.2, 0) is 51.7 Å². The van der Waals surface area contributed by atoms with E-state index in [4.69, 9.17) is 23.7 Å². The molecule has 5 atom stereocenters. The Morgan fingerprint density at radius 3 is 1.75 bits per heavy atom. The molecule has 1 heterocycles. The molecule has 0 aliphatic carbocycles. The van der Waals surface area contributed by atoms with Gasteiger partial charge in [0, 0.05) is 13.1 Å². The van der Waals surface area contributed by atoms with E-state index < -0.39 is 30.7 Å². The zero-order valence-electron chi connectivity index (χ0n) is 29.0. The first-order valence-electron chi connectivity index (χ1n) is 17.6. The number of rotatable bonds is 16. The fourth-order valence-electron chi connectivity index (χ4n) is 5.93. The Bertz CT molecular complexity index is 1760. The van der Waals surface area contributed by atoms with Crippen LogP contribution in [0.5, 0.6) is 5.75 Å². The molecule has 0 bridgehead atoms. The lowest BCUT2D eigenvalue weighted by molar-refractivity contribution is -0.292. The highest BCUT2D eigenvalue weighted by atomic mass is 16.7. The van der Waals surface area contributed by atoms with E-state index in [0.29, 0.717) is 31.9 Å². The van der Waals surface area contributed by atoms with E-state index in [1.165, 1.54) is 0 Å². The first kappa shape index (κ1) is 36.8. The fourth-order valence-corrected chi connectivity index (χ4v) is 5.93. The number of hydrogen-bond donors (Lipinski definition) is 2. The fraction of sp³-hybridized carbons (Fsp3) is 0.279. The van der Waals surface area contributed by atoms with Crippen LogP contribution in [0.4, 0.5) is 4.79 Å². The van der Waals surface area contributed by atoms with E-state index in [1.807, 2.05) is 146 Å². The Morgan fingerprint density at radius 2 is 1.15 bits per heavy atom. The highest BCUT2D eigenvalue weighted by molar-refractivity contribution is 5.67. The van der Waals surface area contributed by atoms with Gasteiger partial charge in [-0.3, -0.25) is 0 Å². The highest BCUT2D eigenvalue weighted by Crippen LogP contribution is 2.28. The van der Waals surface area contributed by atoms with E-state index in [1.54, 1.807) is 4.90 Å². The van der Waals surface area contributed by atoms with Crippen LogP contribution in [0.15, 0.2) is 146 Å². The predicted molar refractivity (Wildman–Crippen MR) is 196 cm³/mol. The maximum atomic E-state index is 13.2. The first-order valence-corrected chi connectivity index (χ1v) is 17.6. The van der Waals surface area contributed by atoms with Crippen LogP contribution in [0.25, 0.3) is 0 Å². The van der Waals surface area contributed by atoms with Crippen molar-refractivity contribution in [3.05, 3.63) is 173 Å². The second kappa shape index (κ2) is 19.0. The summed E-state index contributed by atoms with van der Waals surface area (Å²) in [4.78, 5) is 14.9. The van der Waals surface area contributed by atoms with E-state index in [0.717, 1.165) is 27.8 Å². The van der Waals surface area contributed by atoms with Crippen molar-refractivity contribution in [1.29, 1.82) is 0 Å². The minimum Gasteiger partial charge on any atom is -0.462 e. The summed E-state index contributed by atoms with van der Waals surface area (Å²) in [5, 5.41) is 22.3. The van der Waals surface area contributed by atoms with Crippen molar-refractivity contribution in [2.24, 2.45) is 0 Å². The third kappa shape index (κ3) is 10.7. The second-order valence-corrected chi connectivity index (χ2v) is 12.7. The van der Waals surface area contributed by atoms with Gasteiger partial charge in [-0.25, -0.2) is 4.79 Å². The summed E-state index contributed by atoms with van der Waals surface area (Å²) in [6, 6.07) is 46.2. The minimum atomic E-state index is -1.29. The Kier molecular flexibility index (Phi) is 13.4. The Labute approximate surface area is 304 Å². The number of nitrogens with zero attached hydrogens (tertiary/aromatic N) is 1. The molecule has 6 rings (SSSR count). The van der Waals surface area contributed by atoms with Crippen LogP contribution in [0, 0.1) is 0 Å². The molecule has 0 saturated carbocycles. The van der Waals surface area contributed by atoms with Crippen LogP contribution >= 0.6 is 0 Å². The zero-order valence-corrected chi connectivity index (χ0v) is 29.0. The molecular formula is C43H45NO8. The number of carbonyl (C=O) groups is 1. The normalized spacial score (nSPS) is 19.8. The van der Waals surface area contributed by atoms with E-state index in [9.17, 15) is 15.0 Å². The van der Waals surface area contributed by atoms with Crippen LogP contribution in [0.3, 0.4) is 0 Å². The molecule has 1 amide bonds. The Balaban J connectivity index is 1.09. The molecule has 9 heteroatoms. The average molecular weight is 704 g/mol. The number of aliphatic hydroxyl groups excluding tert-OH is 2. The molecule has 0 aromatic heterocycles. The summed E-state index contributed by atoms with van der Waals surface area (Å²) in [6.07, 6.45) is -5.19.